The van der Waals surface area contributed by atoms with Gasteiger partial charge in [-0.1, -0.05) is 13.8 Å². The van der Waals surface area contributed by atoms with Crippen molar-refractivity contribution < 1.29 is 0 Å². The summed E-state index contributed by atoms with van der Waals surface area (Å²) < 4.78 is 2.50. The number of anilines is 1. The fourth-order valence-corrected chi connectivity index (χ4v) is 3.38. The SMILES string of the molecule is CC(C)C1(Cn2c(C3CC3)nc3cc(N)ccc32)CC1. The molecule has 0 aliphatic heterocycles. The van der Waals surface area contributed by atoms with Gasteiger partial charge in [-0.25, -0.2) is 4.98 Å². The van der Waals surface area contributed by atoms with Crippen molar-refractivity contribution >= 4 is 16.7 Å². The first-order chi connectivity index (χ1) is 9.59. The van der Waals surface area contributed by atoms with Crippen LogP contribution in [0.2, 0.25) is 0 Å². The van der Waals surface area contributed by atoms with Crippen molar-refractivity contribution in [3.63, 3.8) is 0 Å². The zero-order valence-corrected chi connectivity index (χ0v) is 12.4. The van der Waals surface area contributed by atoms with Gasteiger partial charge in [0.2, 0.25) is 0 Å². The number of rotatable bonds is 4. The Morgan fingerprint density at radius 3 is 2.70 bits per heavy atom. The Balaban J connectivity index is 1.81. The van der Waals surface area contributed by atoms with Crippen molar-refractivity contribution in [2.75, 3.05) is 5.73 Å². The van der Waals surface area contributed by atoms with E-state index in [4.69, 9.17) is 10.7 Å². The summed E-state index contributed by atoms with van der Waals surface area (Å²) in [5.74, 6) is 2.74. The van der Waals surface area contributed by atoms with Gasteiger partial charge in [-0.05, 0) is 55.2 Å². The van der Waals surface area contributed by atoms with Gasteiger partial charge in [-0.15, -0.1) is 0 Å². The Bertz CT molecular complexity index is 660. The lowest BCUT2D eigenvalue weighted by molar-refractivity contribution is 0.308. The molecule has 3 heteroatoms. The summed E-state index contributed by atoms with van der Waals surface area (Å²) in [7, 11) is 0. The summed E-state index contributed by atoms with van der Waals surface area (Å²) in [5, 5.41) is 0. The molecular formula is C17H23N3. The van der Waals surface area contributed by atoms with Gasteiger partial charge in [0.05, 0.1) is 11.0 Å². The van der Waals surface area contributed by atoms with Crippen LogP contribution in [0.4, 0.5) is 5.69 Å². The molecule has 2 saturated carbocycles. The summed E-state index contributed by atoms with van der Waals surface area (Å²) in [4.78, 5) is 4.89. The lowest BCUT2D eigenvalue weighted by Crippen LogP contribution is -2.19. The monoisotopic (exact) mass is 269 g/mol. The molecule has 0 bridgehead atoms. The van der Waals surface area contributed by atoms with E-state index in [-0.39, 0.29) is 0 Å². The number of hydrogen-bond acceptors (Lipinski definition) is 2. The number of benzene rings is 1. The number of nitrogens with zero attached hydrogens (tertiary/aromatic N) is 2. The average molecular weight is 269 g/mol. The van der Waals surface area contributed by atoms with Crippen molar-refractivity contribution in [1.82, 2.24) is 9.55 Å². The number of hydrogen-bond donors (Lipinski definition) is 1. The molecule has 1 heterocycles. The zero-order chi connectivity index (χ0) is 13.9. The maximum Gasteiger partial charge on any atom is 0.113 e. The highest BCUT2D eigenvalue weighted by Crippen LogP contribution is 2.54. The van der Waals surface area contributed by atoms with Crippen LogP contribution in [-0.2, 0) is 6.54 Å². The van der Waals surface area contributed by atoms with Crippen LogP contribution in [-0.4, -0.2) is 9.55 Å². The molecule has 2 fully saturated rings. The highest BCUT2D eigenvalue weighted by Gasteiger charge is 2.46. The minimum Gasteiger partial charge on any atom is -0.399 e. The lowest BCUT2D eigenvalue weighted by Gasteiger charge is -2.22. The first-order valence-corrected chi connectivity index (χ1v) is 7.85. The predicted molar refractivity (Wildman–Crippen MR) is 82.6 cm³/mol. The van der Waals surface area contributed by atoms with E-state index in [2.05, 4.69) is 24.5 Å². The van der Waals surface area contributed by atoms with Crippen molar-refractivity contribution in [2.45, 2.75) is 52.0 Å². The van der Waals surface area contributed by atoms with Crippen LogP contribution in [0, 0.1) is 11.3 Å². The van der Waals surface area contributed by atoms with Crippen molar-refractivity contribution in [3.05, 3.63) is 24.0 Å². The van der Waals surface area contributed by atoms with E-state index in [0.717, 1.165) is 23.7 Å². The summed E-state index contributed by atoms with van der Waals surface area (Å²) in [6.45, 7) is 5.86. The summed E-state index contributed by atoms with van der Waals surface area (Å²) in [6, 6.07) is 6.18. The van der Waals surface area contributed by atoms with Crippen LogP contribution >= 0.6 is 0 Å². The van der Waals surface area contributed by atoms with Gasteiger partial charge in [0.1, 0.15) is 5.82 Å². The van der Waals surface area contributed by atoms with Gasteiger partial charge >= 0.3 is 0 Å². The Labute approximate surface area is 120 Å². The van der Waals surface area contributed by atoms with Crippen molar-refractivity contribution in [1.29, 1.82) is 0 Å². The Kier molecular flexibility index (Phi) is 2.45. The second kappa shape index (κ2) is 4.00. The molecule has 0 spiro atoms. The van der Waals surface area contributed by atoms with E-state index in [1.807, 2.05) is 12.1 Å². The highest BCUT2D eigenvalue weighted by atomic mass is 15.1. The zero-order valence-electron chi connectivity index (χ0n) is 12.4. The second-order valence-electron chi connectivity index (χ2n) is 7.10. The largest absolute Gasteiger partial charge is 0.399 e. The minimum atomic E-state index is 0.513. The molecule has 2 aliphatic rings. The molecule has 2 aliphatic carbocycles. The smallest absolute Gasteiger partial charge is 0.113 e. The van der Waals surface area contributed by atoms with E-state index >= 15 is 0 Å². The van der Waals surface area contributed by atoms with Gasteiger partial charge in [0, 0.05) is 18.2 Å². The molecule has 0 atom stereocenters. The summed E-state index contributed by atoms with van der Waals surface area (Å²) in [5.41, 5.74) is 9.59. The van der Waals surface area contributed by atoms with Crippen LogP contribution < -0.4 is 5.73 Å². The first-order valence-electron chi connectivity index (χ1n) is 7.85. The lowest BCUT2D eigenvalue weighted by atomic mass is 9.92. The van der Waals surface area contributed by atoms with Crippen LogP contribution in [0.15, 0.2) is 18.2 Å². The third-order valence-corrected chi connectivity index (χ3v) is 5.33. The Morgan fingerprint density at radius 1 is 1.35 bits per heavy atom. The molecule has 1 aromatic carbocycles. The van der Waals surface area contributed by atoms with Gasteiger partial charge < -0.3 is 10.3 Å². The fraction of sp³-hybridized carbons (Fsp3) is 0.588. The molecule has 20 heavy (non-hydrogen) atoms. The van der Waals surface area contributed by atoms with E-state index in [1.54, 1.807) is 0 Å². The number of nitrogen functional groups attached to an aromatic ring is 1. The standard InChI is InChI=1S/C17H23N3/c1-11(2)17(7-8-17)10-20-15-6-5-13(18)9-14(15)19-16(20)12-3-4-12/h5-6,9,11-12H,3-4,7-8,10,18H2,1-2H3. The van der Waals surface area contributed by atoms with Crippen LogP contribution in [0.5, 0.6) is 0 Å². The van der Waals surface area contributed by atoms with Crippen molar-refractivity contribution in [3.8, 4) is 0 Å². The molecule has 0 saturated heterocycles. The van der Waals surface area contributed by atoms with E-state index < -0.39 is 0 Å². The molecule has 3 nitrogen and oxygen atoms in total. The Morgan fingerprint density at radius 2 is 2.10 bits per heavy atom. The topological polar surface area (TPSA) is 43.8 Å². The number of imidazole rings is 1. The van der Waals surface area contributed by atoms with Crippen LogP contribution in [0.25, 0.3) is 11.0 Å². The van der Waals surface area contributed by atoms with Crippen molar-refractivity contribution in [2.24, 2.45) is 11.3 Å². The summed E-state index contributed by atoms with van der Waals surface area (Å²) in [6.07, 6.45) is 5.33. The first kappa shape index (κ1) is 12.2. The molecule has 4 rings (SSSR count). The van der Waals surface area contributed by atoms with Crippen LogP contribution in [0.3, 0.4) is 0 Å². The normalized spacial score (nSPS) is 20.8. The maximum atomic E-state index is 5.91. The fourth-order valence-electron chi connectivity index (χ4n) is 3.38. The van der Waals surface area contributed by atoms with Gasteiger partial charge in [0.25, 0.3) is 0 Å². The second-order valence-corrected chi connectivity index (χ2v) is 7.10. The molecule has 0 radical (unpaired) electrons. The minimum absolute atomic E-state index is 0.513. The highest BCUT2D eigenvalue weighted by molar-refractivity contribution is 5.80. The van der Waals surface area contributed by atoms with E-state index in [9.17, 15) is 0 Å². The maximum absolute atomic E-state index is 5.91. The third-order valence-electron chi connectivity index (χ3n) is 5.33. The molecular weight excluding hydrogens is 246 g/mol. The average Bonchev–Trinajstić information content (AvgIpc) is 3.29. The third kappa shape index (κ3) is 1.83. The van der Waals surface area contributed by atoms with Gasteiger partial charge in [0.15, 0.2) is 0 Å². The number of aromatic nitrogens is 2. The van der Waals surface area contributed by atoms with E-state index in [1.165, 1.54) is 37.0 Å². The number of nitrogens with two attached hydrogens (primary N) is 1. The molecule has 106 valence electrons. The van der Waals surface area contributed by atoms with Crippen LogP contribution in [0.1, 0.15) is 51.3 Å². The predicted octanol–water partition coefficient (Wildman–Crippen LogP) is 3.93. The molecule has 2 aromatic rings. The van der Waals surface area contributed by atoms with Gasteiger partial charge in [-0.2, -0.15) is 0 Å². The van der Waals surface area contributed by atoms with E-state index in [0.29, 0.717) is 11.3 Å². The molecule has 1 aromatic heterocycles. The molecule has 0 amide bonds. The molecule has 2 N–H and O–H groups in total. The summed E-state index contributed by atoms with van der Waals surface area (Å²) >= 11 is 0. The molecule has 0 unspecified atom stereocenters. The Hall–Kier alpha value is -1.51. The number of fused-ring (bicyclic) bond motifs is 1. The quantitative estimate of drug-likeness (QED) is 0.855. The van der Waals surface area contributed by atoms with Gasteiger partial charge in [-0.3, -0.25) is 0 Å².